The Kier molecular flexibility index (Phi) is 13.0. The summed E-state index contributed by atoms with van der Waals surface area (Å²) in [5.74, 6) is -0.123. The fourth-order valence-electron chi connectivity index (χ4n) is 8.34. The van der Waals surface area contributed by atoms with Crippen LogP contribution in [0.15, 0.2) is 131 Å². The molecule has 2 fully saturated rings. The Hall–Kier alpha value is -6.00. The predicted octanol–water partition coefficient (Wildman–Crippen LogP) is 9.51. The van der Waals surface area contributed by atoms with E-state index in [2.05, 4.69) is 47.3 Å². The molecule has 63 heavy (non-hydrogen) atoms. The van der Waals surface area contributed by atoms with Gasteiger partial charge in [-0.05, 0) is 128 Å². The number of nitrogens with one attached hydrogen (secondary N) is 3. The summed E-state index contributed by atoms with van der Waals surface area (Å²) in [6.07, 6.45) is 2.50. The molecule has 1 saturated carbocycles. The maximum absolute atomic E-state index is 14.2. The van der Waals surface area contributed by atoms with Crippen molar-refractivity contribution < 1.29 is 23.2 Å². The number of piperazine rings is 1. The van der Waals surface area contributed by atoms with Crippen molar-refractivity contribution in [2.75, 3.05) is 45.4 Å². The minimum Gasteiger partial charge on any atom is -0.393 e. The molecule has 13 nitrogen and oxygen atoms in total. The van der Waals surface area contributed by atoms with E-state index in [1.54, 1.807) is 12.1 Å². The zero-order valence-corrected chi connectivity index (χ0v) is 37.2. The number of aliphatic hydroxyl groups is 1. The van der Waals surface area contributed by atoms with Crippen LogP contribution in [0, 0.1) is 17.0 Å². The number of rotatable bonds is 13. The molecule has 6 aromatic rings. The number of carbonyl (C=O) groups is 1. The number of nitrogens with zero attached hydrogens (tertiary/aromatic N) is 4. The van der Waals surface area contributed by atoms with Crippen LogP contribution < -0.4 is 24.6 Å². The van der Waals surface area contributed by atoms with Gasteiger partial charge in [0.15, 0.2) is 0 Å². The summed E-state index contributed by atoms with van der Waals surface area (Å²) in [5.41, 5.74) is 7.26. The Balaban J connectivity index is 0.957. The summed E-state index contributed by atoms with van der Waals surface area (Å²) in [4.78, 5) is 30.7. The van der Waals surface area contributed by atoms with Gasteiger partial charge in [0.1, 0.15) is 5.69 Å². The number of hydrogen-bond donors (Lipinski definition) is 4. The lowest BCUT2D eigenvalue weighted by Crippen LogP contribution is -2.46. The molecule has 0 unspecified atom stereocenters. The molecule has 1 saturated heterocycles. The van der Waals surface area contributed by atoms with Crippen LogP contribution in [0.4, 0.5) is 28.4 Å². The quantitative estimate of drug-likeness (QED) is 0.0499. The van der Waals surface area contributed by atoms with Crippen LogP contribution in [0.3, 0.4) is 0 Å². The first kappa shape index (κ1) is 43.6. The highest BCUT2D eigenvalue weighted by atomic mass is 35.5. The fraction of sp³-hybridized carbons (Fsp3) is 0.255. The lowest BCUT2D eigenvalue weighted by molar-refractivity contribution is -0.384. The van der Waals surface area contributed by atoms with Gasteiger partial charge < -0.3 is 29.5 Å². The van der Waals surface area contributed by atoms with Gasteiger partial charge in [-0.3, -0.25) is 19.6 Å². The van der Waals surface area contributed by atoms with E-state index in [1.807, 2.05) is 86.8 Å². The standard InChI is InChI=1S/C47H48ClN7O6S2/c1-31-44(47(57)49-35-17-21-39(56)22-18-35)45(46(52(31)2)32-11-13-34(48)14-12-32)33-7-6-8-38(29-33)54-27-25-53(26-28-54)37-19-15-36(16-20-37)51-63(60,61)41-23-24-42(43(30-41)55(58)59)50-62-40-9-4-3-5-10-40/h3-16,19-20,23-24,29-30,35,39,50-51,56H,17-18,21-22,25-28H2,1-2H3,(H,49,57). The molecule has 0 spiro atoms. The Morgan fingerprint density at radius 2 is 1.48 bits per heavy atom. The second-order valence-electron chi connectivity index (χ2n) is 15.9. The average molecular weight is 907 g/mol. The number of aliphatic hydroxyl groups excluding tert-OH is 1. The maximum atomic E-state index is 14.2. The first-order valence-electron chi connectivity index (χ1n) is 20.8. The van der Waals surface area contributed by atoms with E-state index in [-0.39, 0.29) is 34.3 Å². The van der Waals surface area contributed by atoms with E-state index >= 15 is 0 Å². The number of sulfonamides is 1. The highest BCUT2D eigenvalue weighted by Gasteiger charge is 2.30. The molecule has 1 amide bonds. The van der Waals surface area contributed by atoms with Gasteiger partial charge in [0.2, 0.25) is 0 Å². The van der Waals surface area contributed by atoms with Crippen LogP contribution in [0.5, 0.6) is 0 Å². The third-order valence-electron chi connectivity index (χ3n) is 11.8. The number of halogens is 1. The summed E-state index contributed by atoms with van der Waals surface area (Å²) < 4.78 is 34.4. The number of nitro groups is 1. The molecule has 4 N–H and O–H groups in total. The highest BCUT2D eigenvalue weighted by molar-refractivity contribution is 8.00. The van der Waals surface area contributed by atoms with Gasteiger partial charge in [-0.15, -0.1) is 0 Å². The summed E-state index contributed by atoms with van der Waals surface area (Å²) in [6.45, 7) is 4.86. The fourth-order valence-corrected chi connectivity index (χ4v) is 10.2. The van der Waals surface area contributed by atoms with Gasteiger partial charge in [0.05, 0.1) is 27.2 Å². The molecule has 5 aromatic carbocycles. The third-order valence-corrected chi connectivity index (χ3v) is 14.3. The SMILES string of the molecule is Cc1c(C(=O)NC2CCC(O)CC2)c(-c2cccc(N3CCN(c4ccc(NS(=O)(=O)c5ccc(NSc6ccccc6)c([N+](=O)[O-])c5)cc4)CC3)c2)c(-c2ccc(Cl)cc2)n1C. The Labute approximate surface area is 376 Å². The first-order chi connectivity index (χ1) is 30.3. The Bertz CT molecular complexity index is 2720. The van der Waals surface area contributed by atoms with Crippen LogP contribution in [-0.4, -0.2) is 67.2 Å². The van der Waals surface area contributed by atoms with Crippen molar-refractivity contribution in [2.24, 2.45) is 7.05 Å². The second-order valence-corrected chi connectivity index (χ2v) is 18.9. The molecular weight excluding hydrogens is 858 g/mol. The van der Waals surface area contributed by atoms with E-state index < -0.39 is 14.9 Å². The number of aromatic nitrogens is 1. The van der Waals surface area contributed by atoms with Crippen LogP contribution in [0.2, 0.25) is 5.02 Å². The summed E-state index contributed by atoms with van der Waals surface area (Å²) in [5, 5.41) is 25.9. The van der Waals surface area contributed by atoms with Gasteiger partial charge in [-0.25, -0.2) is 8.42 Å². The van der Waals surface area contributed by atoms with Crippen molar-refractivity contribution in [3.05, 3.63) is 148 Å². The van der Waals surface area contributed by atoms with Gasteiger partial charge >= 0.3 is 0 Å². The molecule has 326 valence electrons. The van der Waals surface area contributed by atoms with Crippen molar-refractivity contribution in [1.82, 2.24) is 9.88 Å². The maximum Gasteiger partial charge on any atom is 0.294 e. The smallest absolute Gasteiger partial charge is 0.294 e. The lowest BCUT2D eigenvalue weighted by Gasteiger charge is -2.37. The molecular formula is C47H48ClN7O6S2. The van der Waals surface area contributed by atoms with Crippen LogP contribution in [0.25, 0.3) is 22.4 Å². The molecule has 0 atom stereocenters. The number of carbonyl (C=O) groups excluding carboxylic acids is 1. The van der Waals surface area contributed by atoms with Crippen LogP contribution >= 0.6 is 23.5 Å². The highest BCUT2D eigenvalue weighted by Crippen LogP contribution is 2.41. The summed E-state index contributed by atoms with van der Waals surface area (Å²) in [7, 11) is -2.15. The molecule has 16 heteroatoms. The van der Waals surface area contributed by atoms with Crippen molar-refractivity contribution in [1.29, 1.82) is 0 Å². The largest absolute Gasteiger partial charge is 0.393 e. The zero-order chi connectivity index (χ0) is 44.3. The van der Waals surface area contributed by atoms with Crippen LogP contribution in [-0.2, 0) is 17.1 Å². The van der Waals surface area contributed by atoms with Gasteiger partial charge in [0, 0.05) is 83.6 Å². The normalized spacial score (nSPS) is 16.7. The molecule has 2 aliphatic rings. The molecule has 1 aromatic heterocycles. The Morgan fingerprint density at radius 1 is 0.810 bits per heavy atom. The number of amides is 1. The molecule has 1 aliphatic carbocycles. The zero-order valence-electron chi connectivity index (χ0n) is 34.8. The number of hydrogen-bond acceptors (Lipinski definition) is 10. The summed E-state index contributed by atoms with van der Waals surface area (Å²) >= 11 is 7.50. The minimum absolute atomic E-state index is 0.00206. The minimum atomic E-state index is -4.14. The van der Waals surface area contributed by atoms with E-state index in [1.165, 1.54) is 24.1 Å². The second kappa shape index (κ2) is 18.8. The number of benzene rings is 5. The van der Waals surface area contributed by atoms with Gasteiger partial charge in [0.25, 0.3) is 21.6 Å². The molecule has 8 rings (SSSR count). The summed E-state index contributed by atoms with van der Waals surface area (Å²) in [6, 6.07) is 36.2. The number of anilines is 4. The molecule has 2 heterocycles. The lowest BCUT2D eigenvalue weighted by atomic mass is 9.92. The van der Waals surface area contributed by atoms with E-state index in [4.69, 9.17) is 11.6 Å². The van der Waals surface area contributed by atoms with Crippen molar-refractivity contribution in [3.63, 3.8) is 0 Å². The molecule has 0 bridgehead atoms. The number of nitro benzene ring substituents is 1. The third kappa shape index (κ3) is 9.81. The predicted molar refractivity (Wildman–Crippen MR) is 252 cm³/mol. The van der Waals surface area contributed by atoms with E-state index in [0.29, 0.717) is 42.2 Å². The molecule has 1 aliphatic heterocycles. The van der Waals surface area contributed by atoms with Gasteiger partial charge in [-0.2, -0.15) is 0 Å². The average Bonchev–Trinajstić information content (AvgIpc) is 3.56. The van der Waals surface area contributed by atoms with Crippen LogP contribution in [0.1, 0.15) is 41.7 Å². The van der Waals surface area contributed by atoms with Crippen molar-refractivity contribution in [2.45, 2.75) is 54.5 Å². The van der Waals surface area contributed by atoms with Crippen molar-refractivity contribution >= 4 is 67.9 Å². The molecule has 0 radical (unpaired) electrons. The van der Waals surface area contributed by atoms with Crippen molar-refractivity contribution in [3.8, 4) is 22.4 Å². The van der Waals surface area contributed by atoms with Gasteiger partial charge in [-0.1, -0.05) is 54.1 Å². The van der Waals surface area contributed by atoms with E-state index in [0.717, 1.165) is 76.3 Å². The Morgan fingerprint density at radius 3 is 2.14 bits per heavy atom. The topological polar surface area (TPSA) is 162 Å². The van der Waals surface area contributed by atoms with E-state index in [9.17, 15) is 28.4 Å². The monoisotopic (exact) mass is 905 g/mol. The first-order valence-corrected chi connectivity index (χ1v) is 23.5.